The van der Waals surface area contributed by atoms with E-state index in [1.54, 1.807) is 12.1 Å². The van der Waals surface area contributed by atoms with Crippen LogP contribution < -0.4 is 5.32 Å². The summed E-state index contributed by atoms with van der Waals surface area (Å²) in [6.07, 6.45) is 3.58. The summed E-state index contributed by atoms with van der Waals surface area (Å²) in [5.41, 5.74) is 0.904. The molecule has 2 N–H and O–H groups in total. The normalized spacial score (nSPS) is 25.6. The summed E-state index contributed by atoms with van der Waals surface area (Å²) in [6.45, 7) is 0. The molecule has 3 rings (SSSR count). The molecular formula is C14H15NO3. The number of carboxylic acids is 1. The van der Waals surface area contributed by atoms with Crippen LogP contribution in [0.4, 0.5) is 5.69 Å². The third-order valence-electron chi connectivity index (χ3n) is 3.80. The lowest BCUT2D eigenvalue weighted by molar-refractivity contribution is -0.117. The highest BCUT2D eigenvalue weighted by Gasteiger charge is 2.51. The predicted molar refractivity (Wildman–Crippen MR) is 66.4 cm³/mol. The van der Waals surface area contributed by atoms with Crippen molar-refractivity contribution in [3.05, 3.63) is 29.8 Å². The first-order valence-electron chi connectivity index (χ1n) is 6.29. The Labute approximate surface area is 105 Å². The lowest BCUT2D eigenvalue weighted by atomic mass is 10.2. The first-order valence-corrected chi connectivity index (χ1v) is 6.29. The standard InChI is InChI=1S/C14H15NO3/c16-13(12-7-11(12)8-1-2-8)15-10-5-3-9(4-6-10)14(17)18/h3-6,8,11-12H,1-2,7H2,(H,15,16)(H,17,18). The summed E-state index contributed by atoms with van der Waals surface area (Å²) in [6, 6.07) is 6.28. The predicted octanol–water partition coefficient (Wildman–Crippen LogP) is 2.37. The van der Waals surface area contributed by atoms with Crippen LogP contribution in [0.3, 0.4) is 0 Å². The van der Waals surface area contributed by atoms with Gasteiger partial charge in [0.05, 0.1) is 5.56 Å². The highest BCUT2D eigenvalue weighted by molar-refractivity contribution is 5.95. The van der Waals surface area contributed by atoms with Crippen LogP contribution in [-0.4, -0.2) is 17.0 Å². The number of hydrogen-bond acceptors (Lipinski definition) is 2. The minimum atomic E-state index is -0.955. The molecule has 1 aromatic rings. The molecule has 2 fully saturated rings. The third-order valence-corrected chi connectivity index (χ3v) is 3.80. The molecule has 2 aliphatic rings. The van der Waals surface area contributed by atoms with Crippen LogP contribution in [0.2, 0.25) is 0 Å². The topological polar surface area (TPSA) is 66.4 Å². The number of nitrogens with one attached hydrogen (secondary N) is 1. The molecule has 2 atom stereocenters. The van der Waals surface area contributed by atoms with E-state index in [9.17, 15) is 9.59 Å². The van der Waals surface area contributed by atoms with Gasteiger partial charge in [-0.05, 0) is 55.4 Å². The molecule has 2 saturated carbocycles. The second-order valence-electron chi connectivity index (χ2n) is 5.22. The number of carbonyl (C=O) groups excluding carboxylic acids is 1. The van der Waals surface area contributed by atoms with Gasteiger partial charge >= 0.3 is 5.97 Å². The Morgan fingerprint density at radius 3 is 2.39 bits per heavy atom. The van der Waals surface area contributed by atoms with Gasteiger partial charge in [0.2, 0.25) is 5.91 Å². The molecule has 0 radical (unpaired) electrons. The average Bonchev–Trinajstić information content (AvgIpc) is 3.20. The smallest absolute Gasteiger partial charge is 0.335 e. The van der Waals surface area contributed by atoms with E-state index in [0.717, 1.165) is 12.3 Å². The largest absolute Gasteiger partial charge is 0.478 e. The van der Waals surface area contributed by atoms with Crippen molar-refractivity contribution in [1.29, 1.82) is 0 Å². The second-order valence-corrected chi connectivity index (χ2v) is 5.22. The molecule has 18 heavy (non-hydrogen) atoms. The lowest BCUT2D eigenvalue weighted by Crippen LogP contribution is -2.15. The summed E-state index contributed by atoms with van der Waals surface area (Å²) in [5.74, 6) is 0.689. The molecule has 1 amide bonds. The average molecular weight is 245 g/mol. The lowest BCUT2D eigenvalue weighted by Gasteiger charge is -2.05. The fraction of sp³-hybridized carbons (Fsp3) is 0.429. The van der Waals surface area contributed by atoms with Crippen molar-refractivity contribution >= 4 is 17.6 Å². The number of aromatic carboxylic acids is 1. The monoisotopic (exact) mass is 245 g/mol. The van der Waals surface area contributed by atoms with Crippen molar-refractivity contribution in [1.82, 2.24) is 0 Å². The molecule has 1 aromatic carbocycles. The summed E-state index contributed by atoms with van der Waals surface area (Å²) in [4.78, 5) is 22.6. The minimum absolute atomic E-state index is 0.0787. The van der Waals surface area contributed by atoms with Crippen LogP contribution in [0, 0.1) is 17.8 Å². The summed E-state index contributed by atoms with van der Waals surface area (Å²) in [7, 11) is 0. The highest BCUT2D eigenvalue weighted by Crippen LogP contribution is 2.54. The van der Waals surface area contributed by atoms with E-state index >= 15 is 0 Å². The molecule has 2 aliphatic carbocycles. The molecule has 94 valence electrons. The van der Waals surface area contributed by atoms with Gasteiger partial charge in [0.1, 0.15) is 0 Å². The van der Waals surface area contributed by atoms with Crippen molar-refractivity contribution in [2.24, 2.45) is 17.8 Å². The van der Waals surface area contributed by atoms with E-state index in [1.807, 2.05) is 0 Å². The fourth-order valence-corrected chi connectivity index (χ4v) is 2.49. The third kappa shape index (κ3) is 2.23. The van der Waals surface area contributed by atoms with Gasteiger partial charge in [-0.25, -0.2) is 4.79 Å². The Morgan fingerprint density at radius 1 is 1.17 bits per heavy atom. The summed E-state index contributed by atoms with van der Waals surface area (Å²) >= 11 is 0. The molecule has 4 heteroatoms. The Hall–Kier alpha value is -1.84. The summed E-state index contributed by atoms with van der Waals surface area (Å²) < 4.78 is 0. The van der Waals surface area contributed by atoms with Crippen molar-refractivity contribution in [3.8, 4) is 0 Å². The molecule has 2 unspecified atom stereocenters. The molecular weight excluding hydrogens is 230 g/mol. The van der Waals surface area contributed by atoms with Crippen LogP contribution >= 0.6 is 0 Å². The quantitative estimate of drug-likeness (QED) is 0.855. The maximum absolute atomic E-state index is 11.9. The van der Waals surface area contributed by atoms with E-state index in [2.05, 4.69) is 5.32 Å². The minimum Gasteiger partial charge on any atom is -0.478 e. The highest BCUT2D eigenvalue weighted by atomic mass is 16.4. The SMILES string of the molecule is O=C(O)c1ccc(NC(=O)C2CC2C2CC2)cc1. The van der Waals surface area contributed by atoms with E-state index in [-0.39, 0.29) is 17.4 Å². The maximum Gasteiger partial charge on any atom is 0.335 e. The van der Waals surface area contributed by atoms with Crippen LogP contribution in [0.25, 0.3) is 0 Å². The van der Waals surface area contributed by atoms with Crippen LogP contribution in [-0.2, 0) is 4.79 Å². The molecule has 0 aliphatic heterocycles. The van der Waals surface area contributed by atoms with E-state index < -0.39 is 5.97 Å². The van der Waals surface area contributed by atoms with Crippen LogP contribution in [0.1, 0.15) is 29.6 Å². The van der Waals surface area contributed by atoms with E-state index in [0.29, 0.717) is 11.6 Å². The fourth-order valence-electron chi connectivity index (χ4n) is 2.49. The molecule has 0 bridgehead atoms. The zero-order chi connectivity index (χ0) is 12.7. The van der Waals surface area contributed by atoms with Gasteiger partial charge in [0.15, 0.2) is 0 Å². The van der Waals surface area contributed by atoms with Crippen molar-refractivity contribution in [3.63, 3.8) is 0 Å². The first-order chi connectivity index (χ1) is 8.65. The van der Waals surface area contributed by atoms with Crippen molar-refractivity contribution in [2.75, 3.05) is 5.32 Å². The number of anilines is 1. The van der Waals surface area contributed by atoms with Gasteiger partial charge in [-0.2, -0.15) is 0 Å². The van der Waals surface area contributed by atoms with Gasteiger partial charge in [-0.3, -0.25) is 4.79 Å². The van der Waals surface area contributed by atoms with Gasteiger partial charge in [-0.15, -0.1) is 0 Å². The van der Waals surface area contributed by atoms with Crippen LogP contribution in [0.15, 0.2) is 24.3 Å². The molecule has 4 nitrogen and oxygen atoms in total. The second kappa shape index (κ2) is 4.12. The number of amides is 1. The van der Waals surface area contributed by atoms with Gasteiger partial charge in [-0.1, -0.05) is 0 Å². The number of rotatable bonds is 4. The van der Waals surface area contributed by atoms with E-state index in [1.165, 1.54) is 25.0 Å². The first kappa shape index (κ1) is 11.3. The van der Waals surface area contributed by atoms with Gasteiger partial charge in [0, 0.05) is 11.6 Å². The molecule has 0 saturated heterocycles. The maximum atomic E-state index is 11.9. The Morgan fingerprint density at radius 2 is 1.83 bits per heavy atom. The summed E-state index contributed by atoms with van der Waals surface area (Å²) in [5, 5.41) is 11.6. The van der Waals surface area contributed by atoms with Crippen molar-refractivity contribution in [2.45, 2.75) is 19.3 Å². The number of carbonyl (C=O) groups is 2. The number of hydrogen-bond donors (Lipinski definition) is 2. The Balaban J connectivity index is 1.59. The molecule has 0 heterocycles. The Kier molecular flexibility index (Phi) is 2.58. The Bertz CT molecular complexity index is 490. The van der Waals surface area contributed by atoms with Gasteiger partial charge in [0.25, 0.3) is 0 Å². The molecule has 0 aromatic heterocycles. The van der Waals surface area contributed by atoms with E-state index in [4.69, 9.17) is 5.11 Å². The zero-order valence-electron chi connectivity index (χ0n) is 9.93. The zero-order valence-corrected chi connectivity index (χ0v) is 9.93. The number of carboxylic acid groups (broad SMARTS) is 1. The van der Waals surface area contributed by atoms with Gasteiger partial charge < -0.3 is 10.4 Å². The number of benzene rings is 1. The molecule has 0 spiro atoms. The van der Waals surface area contributed by atoms with Crippen molar-refractivity contribution < 1.29 is 14.7 Å². The van der Waals surface area contributed by atoms with Crippen LogP contribution in [0.5, 0.6) is 0 Å².